The first kappa shape index (κ1) is 18.7. The van der Waals surface area contributed by atoms with E-state index in [9.17, 15) is 0 Å². The van der Waals surface area contributed by atoms with Crippen LogP contribution in [0.3, 0.4) is 0 Å². The number of halogens is 2. The highest BCUT2D eigenvalue weighted by atomic mass is 19.3. The molecule has 0 spiro atoms. The van der Waals surface area contributed by atoms with Gasteiger partial charge in [0, 0.05) is 0 Å². The number of rotatable bonds is 1. The minimum Gasteiger partial charge on any atom is -0.205 e. The number of alkyl halides is 2. The lowest BCUT2D eigenvalue weighted by Gasteiger charge is -2.35. The molecule has 154 valence electrons. The molecule has 0 N–H and O–H groups in total. The first-order valence-electron chi connectivity index (χ1n) is 10.8. The van der Waals surface area contributed by atoms with Crippen LogP contribution in [0.5, 0.6) is 0 Å². The van der Waals surface area contributed by atoms with Gasteiger partial charge in [-0.3, -0.25) is 0 Å². The van der Waals surface area contributed by atoms with Gasteiger partial charge in [-0.15, -0.1) is 0 Å². The highest BCUT2D eigenvalue weighted by Gasteiger charge is 2.65. The summed E-state index contributed by atoms with van der Waals surface area (Å²) in [4.78, 5) is 0. The van der Waals surface area contributed by atoms with Gasteiger partial charge in [-0.2, -0.15) is 0 Å². The second-order valence-electron chi connectivity index (χ2n) is 10.1. The van der Waals surface area contributed by atoms with Crippen molar-refractivity contribution in [2.45, 2.75) is 44.4 Å². The Morgan fingerprint density at radius 3 is 1.87 bits per heavy atom. The number of hydrogen-bond donors (Lipinski definition) is 0. The Labute approximate surface area is 180 Å². The van der Waals surface area contributed by atoms with Crippen LogP contribution >= 0.6 is 0 Å². The highest BCUT2D eigenvalue weighted by Crippen LogP contribution is 2.59. The molecule has 0 bridgehead atoms. The molecule has 0 aromatic heterocycles. The molecule has 0 unspecified atom stereocenters. The topological polar surface area (TPSA) is 0 Å². The Balaban J connectivity index is 1.66. The van der Waals surface area contributed by atoms with Gasteiger partial charge in [0.15, 0.2) is 0 Å². The van der Waals surface area contributed by atoms with E-state index in [0.29, 0.717) is 0 Å². The third kappa shape index (κ3) is 2.13. The molecule has 0 radical (unpaired) electrons. The van der Waals surface area contributed by atoms with Gasteiger partial charge in [0.05, 0.1) is 10.8 Å². The van der Waals surface area contributed by atoms with Gasteiger partial charge in [0.1, 0.15) is 0 Å². The van der Waals surface area contributed by atoms with Gasteiger partial charge in [-0.05, 0) is 82.3 Å². The fourth-order valence-corrected chi connectivity index (χ4v) is 5.88. The maximum atomic E-state index is 15.4. The fraction of sp³-hybridized carbons (Fsp3) is 0.241. The van der Waals surface area contributed by atoms with Crippen molar-refractivity contribution in [3.63, 3.8) is 0 Å². The molecule has 0 nitrogen and oxygen atoms in total. The van der Waals surface area contributed by atoms with E-state index >= 15 is 8.78 Å². The number of hydrogen-bond acceptors (Lipinski definition) is 0. The maximum Gasteiger partial charge on any atom is 0.266 e. The lowest BCUT2D eigenvalue weighted by molar-refractivity contribution is -0.105. The Kier molecular flexibility index (Phi) is 3.40. The fourth-order valence-electron chi connectivity index (χ4n) is 5.88. The normalized spacial score (nSPS) is 18.8. The molecular formula is C29H24F2. The third-order valence-electron chi connectivity index (χ3n) is 7.78. The zero-order valence-corrected chi connectivity index (χ0v) is 18.2. The van der Waals surface area contributed by atoms with Crippen molar-refractivity contribution in [1.82, 2.24) is 0 Å². The van der Waals surface area contributed by atoms with Crippen LogP contribution in [-0.2, 0) is 10.8 Å². The minimum atomic E-state index is -2.82. The van der Waals surface area contributed by atoms with E-state index in [2.05, 4.69) is 54.6 Å². The van der Waals surface area contributed by atoms with Crippen LogP contribution in [0.1, 0.15) is 38.8 Å². The molecule has 5 aromatic rings. The van der Waals surface area contributed by atoms with Crippen LogP contribution in [0.15, 0.2) is 72.8 Å². The Morgan fingerprint density at radius 1 is 0.581 bits per heavy atom. The van der Waals surface area contributed by atoms with Crippen molar-refractivity contribution in [3.8, 4) is 11.1 Å². The predicted molar refractivity (Wildman–Crippen MR) is 127 cm³/mol. The summed E-state index contributed by atoms with van der Waals surface area (Å²) in [7, 11) is 0. The Hall–Kier alpha value is -3.00. The largest absolute Gasteiger partial charge is 0.266 e. The molecule has 0 heterocycles. The zero-order chi connectivity index (χ0) is 21.8. The highest BCUT2D eigenvalue weighted by molar-refractivity contribution is 6.25. The summed E-state index contributed by atoms with van der Waals surface area (Å²) in [6.45, 7) is 6.68. The van der Waals surface area contributed by atoms with Crippen molar-refractivity contribution < 1.29 is 8.78 Å². The molecule has 0 atom stereocenters. The van der Waals surface area contributed by atoms with Crippen molar-refractivity contribution >= 4 is 32.3 Å². The van der Waals surface area contributed by atoms with Gasteiger partial charge >= 0.3 is 0 Å². The molecule has 2 heteroatoms. The maximum absolute atomic E-state index is 15.4. The smallest absolute Gasteiger partial charge is 0.205 e. The Morgan fingerprint density at radius 2 is 1.16 bits per heavy atom. The van der Waals surface area contributed by atoms with Crippen molar-refractivity contribution in [3.05, 3.63) is 83.9 Å². The van der Waals surface area contributed by atoms with E-state index in [4.69, 9.17) is 0 Å². The molecule has 1 aliphatic carbocycles. The molecule has 31 heavy (non-hydrogen) atoms. The van der Waals surface area contributed by atoms with Crippen LogP contribution in [0.2, 0.25) is 0 Å². The summed E-state index contributed by atoms with van der Waals surface area (Å²) in [5.41, 5.74) is 1.20. The van der Waals surface area contributed by atoms with E-state index in [1.54, 1.807) is 27.7 Å². The molecule has 0 saturated heterocycles. The monoisotopic (exact) mass is 410 g/mol. The summed E-state index contributed by atoms with van der Waals surface area (Å²) in [6, 6.07) is 25.3. The molecule has 0 aliphatic heterocycles. The van der Waals surface area contributed by atoms with Crippen LogP contribution in [-0.4, -0.2) is 5.92 Å². The first-order chi connectivity index (χ1) is 14.6. The van der Waals surface area contributed by atoms with Gasteiger partial charge in [-0.1, -0.05) is 72.8 Å². The zero-order valence-electron chi connectivity index (χ0n) is 18.2. The van der Waals surface area contributed by atoms with Crippen LogP contribution < -0.4 is 0 Å². The number of benzene rings is 5. The first-order valence-corrected chi connectivity index (χ1v) is 10.8. The molecule has 0 fully saturated rings. The number of fused-ring (bicyclic) bond motifs is 1. The van der Waals surface area contributed by atoms with E-state index in [0.717, 1.165) is 22.3 Å². The lowest BCUT2D eigenvalue weighted by atomic mass is 9.77. The Bertz CT molecular complexity index is 1490. The molecule has 1 aliphatic rings. The predicted octanol–water partition coefficient (Wildman–Crippen LogP) is 8.46. The van der Waals surface area contributed by atoms with Crippen LogP contribution in [0.4, 0.5) is 8.78 Å². The minimum absolute atomic E-state index is 0.754. The molecule has 0 saturated carbocycles. The van der Waals surface area contributed by atoms with Crippen molar-refractivity contribution in [2.75, 3.05) is 0 Å². The van der Waals surface area contributed by atoms with Gasteiger partial charge in [0.25, 0.3) is 5.92 Å². The van der Waals surface area contributed by atoms with Crippen molar-refractivity contribution in [1.29, 1.82) is 0 Å². The van der Waals surface area contributed by atoms with Gasteiger partial charge < -0.3 is 0 Å². The second kappa shape index (κ2) is 5.62. The molecule has 5 aromatic carbocycles. The average molecular weight is 411 g/mol. The van der Waals surface area contributed by atoms with Gasteiger partial charge in [-0.25, -0.2) is 8.78 Å². The summed E-state index contributed by atoms with van der Waals surface area (Å²) in [5, 5.41) is 7.35. The van der Waals surface area contributed by atoms with Crippen molar-refractivity contribution in [2.24, 2.45) is 0 Å². The standard InChI is InChI=1S/C29H24F2/c1-27(2)23-15-12-20(16-24(23)28(3,4)29(27,30)31)21-13-10-19-9-8-17-6-5-7-18-11-14-22(21)26(19)25(17)18/h5-16H,1-4H3. The van der Waals surface area contributed by atoms with Crippen LogP contribution in [0.25, 0.3) is 43.4 Å². The van der Waals surface area contributed by atoms with Crippen LogP contribution in [0, 0.1) is 0 Å². The lowest BCUT2D eigenvalue weighted by Crippen LogP contribution is -2.46. The SMILES string of the molecule is CC1(C)c2ccc(-c3ccc4ccc5cccc6ccc3c4c56)cc2C(C)(C)C1(F)F. The van der Waals surface area contributed by atoms with E-state index in [1.807, 2.05) is 18.2 Å². The van der Waals surface area contributed by atoms with E-state index in [-0.39, 0.29) is 0 Å². The van der Waals surface area contributed by atoms with E-state index in [1.165, 1.54) is 32.3 Å². The second-order valence-corrected chi connectivity index (χ2v) is 10.1. The third-order valence-corrected chi connectivity index (χ3v) is 7.78. The summed E-state index contributed by atoms with van der Waals surface area (Å²) >= 11 is 0. The summed E-state index contributed by atoms with van der Waals surface area (Å²) in [5.74, 6) is -2.82. The molecule has 0 amide bonds. The van der Waals surface area contributed by atoms with E-state index < -0.39 is 16.8 Å². The summed E-state index contributed by atoms with van der Waals surface area (Å²) < 4.78 is 30.7. The quantitative estimate of drug-likeness (QED) is 0.243. The molecular weight excluding hydrogens is 386 g/mol. The molecule has 6 rings (SSSR count). The van der Waals surface area contributed by atoms with Gasteiger partial charge in [0.2, 0.25) is 0 Å². The average Bonchev–Trinajstić information content (AvgIpc) is 2.86. The summed E-state index contributed by atoms with van der Waals surface area (Å²) in [6.07, 6.45) is 0.